The van der Waals surface area contributed by atoms with E-state index in [-0.39, 0.29) is 5.91 Å². The minimum absolute atomic E-state index is 0.242. The van der Waals surface area contributed by atoms with Crippen LogP contribution in [-0.4, -0.2) is 66.1 Å². The van der Waals surface area contributed by atoms with Gasteiger partial charge in [-0.2, -0.15) is 0 Å². The van der Waals surface area contributed by atoms with Crippen LogP contribution in [0.5, 0.6) is 0 Å². The van der Waals surface area contributed by atoms with Crippen LogP contribution in [0.25, 0.3) is 10.9 Å². The Kier molecular flexibility index (Phi) is 4.52. The second-order valence-electron chi connectivity index (χ2n) is 7.48. The summed E-state index contributed by atoms with van der Waals surface area (Å²) >= 11 is 0. The quantitative estimate of drug-likeness (QED) is 0.931. The molecule has 5 nitrogen and oxygen atoms in total. The average Bonchev–Trinajstić information content (AvgIpc) is 3.20. The molecule has 2 saturated heterocycles. The van der Waals surface area contributed by atoms with Crippen molar-refractivity contribution >= 4 is 16.8 Å². The molecule has 0 aliphatic carbocycles. The van der Waals surface area contributed by atoms with Gasteiger partial charge in [0.2, 0.25) is 5.91 Å². The molecule has 0 spiro atoms. The molecule has 2 aliphatic heterocycles. The predicted octanol–water partition coefficient (Wildman–Crippen LogP) is 2.20. The number of amides is 1. The number of carbonyl (C=O) groups is 1. The molecule has 2 aliphatic rings. The van der Waals surface area contributed by atoms with Gasteiger partial charge in [0.25, 0.3) is 0 Å². The van der Waals surface area contributed by atoms with Crippen LogP contribution in [0.15, 0.2) is 24.4 Å². The van der Waals surface area contributed by atoms with Gasteiger partial charge in [0, 0.05) is 49.3 Å². The van der Waals surface area contributed by atoms with E-state index in [1.807, 2.05) is 6.20 Å². The van der Waals surface area contributed by atoms with E-state index in [0.717, 1.165) is 50.5 Å². The van der Waals surface area contributed by atoms with E-state index in [0.29, 0.717) is 18.4 Å². The highest BCUT2D eigenvalue weighted by Crippen LogP contribution is 2.26. The molecule has 5 heteroatoms. The summed E-state index contributed by atoms with van der Waals surface area (Å²) in [6.07, 6.45) is 2.47. The van der Waals surface area contributed by atoms with Gasteiger partial charge in [-0.05, 0) is 30.0 Å². The average molecular weight is 341 g/mol. The Hall–Kier alpha value is -1.85. The van der Waals surface area contributed by atoms with Crippen LogP contribution in [0.3, 0.4) is 0 Å². The van der Waals surface area contributed by atoms with Crippen molar-refractivity contribution in [1.82, 2.24) is 14.8 Å². The zero-order valence-corrected chi connectivity index (χ0v) is 15.1. The molecular weight excluding hydrogens is 314 g/mol. The van der Waals surface area contributed by atoms with Crippen molar-refractivity contribution in [2.24, 2.45) is 5.92 Å². The fraction of sp³-hybridized carbons (Fsp3) is 0.550. The minimum atomic E-state index is 0.242. The second kappa shape index (κ2) is 6.81. The number of nitrogens with one attached hydrogen (secondary N) is 1. The number of benzene rings is 1. The van der Waals surface area contributed by atoms with E-state index in [1.54, 1.807) is 0 Å². The molecule has 3 heterocycles. The first-order valence-electron chi connectivity index (χ1n) is 9.28. The number of aryl methyl sites for hydroxylation is 1. The van der Waals surface area contributed by atoms with Crippen molar-refractivity contribution in [2.75, 3.05) is 39.4 Å². The maximum absolute atomic E-state index is 12.9. The van der Waals surface area contributed by atoms with Crippen molar-refractivity contribution in [3.63, 3.8) is 0 Å². The topological polar surface area (TPSA) is 48.6 Å². The highest BCUT2D eigenvalue weighted by Gasteiger charge is 2.36. The smallest absolute Gasteiger partial charge is 0.227 e. The summed E-state index contributed by atoms with van der Waals surface area (Å²) in [6, 6.07) is 6.70. The van der Waals surface area contributed by atoms with Gasteiger partial charge in [0.1, 0.15) is 0 Å². The van der Waals surface area contributed by atoms with E-state index < -0.39 is 0 Å². The number of aromatic nitrogens is 1. The van der Waals surface area contributed by atoms with Crippen LogP contribution < -0.4 is 0 Å². The lowest BCUT2D eigenvalue weighted by Gasteiger charge is -2.34. The van der Waals surface area contributed by atoms with Gasteiger partial charge < -0.3 is 14.6 Å². The third-order valence-corrected chi connectivity index (χ3v) is 5.78. The summed E-state index contributed by atoms with van der Waals surface area (Å²) in [4.78, 5) is 20.8. The van der Waals surface area contributed by atoms with E-state index in [1.165, 1.54) is 10.9 Å². The van der Waals surface area contributed by atoms with Crippen molar-refractivity contribution < 1.29 is 9.53 Å². The number of ether oxygens (including phenoxy) is 1. The number of H-pyrrole nitrogens is 1. The molecule has 2 unspecified atom stereocenters. The minimum Gasteiger partial charge on any atom is -0.379 e. The van der Waals surface area contributed by atoms with Gasteiger partial charge in [-0.1, -0.05) is 19.1 Å². The van der Waals surface area contributed by atoms with Crippen LogP contribution in [0, 0.1) is 12.8 Å². The third-order valence-electron chi connectivity index (χ3n) is 5.78. The standard InChI is InChI=1S/C20H27N3O2/c1-14-4-3-5-17-20(14)16(11-21-17)10-19(24)23-12-15(2)18(13-23)22-6-8-25-9-7-22/h3-5,11,15,18,21H,6-10,12-13H2,1-2H3. The van der Waals surface area contributed by atoms with Gasteiger partial charge in [0.05, 0.1) is 19.6 Å². The molecule has 4 rings (SSSR count). The normalized spacial score (nSPS) is 25.0. The summed E-state index contributed by atoms with van der Waals surface area (Å²) in [5.41, 5.74) is 3.45. The SMILES string of the molecule is Cc1cccc2[nH]cc(CC(=O)N3CC(C)C(N4CCOCC4)C3)c12. The highest BCUT2D eigenvalue weighted by molar-refractivity contribution is 5.91. The molecule has 2 atom stereocenters. The number of nitrogens with zero attached hydrogens (tertiary/aromatic N) is 2. The molecule has 2 fully saturated rings. The molecule has 0 saturated carbocycles. The summed E-state index contributed by atoms with van der Waals surface area (Å²) in [5.74, 6) is 0.763. The predicted molar refractivity (Wildman–Crippen MR) is 98.7 cm³/mol. The number of hydrogen-bond acceptors (Lipinski definition) is 3. The Morgan fingerprint density at radius 1 is 1.28 bits per heavy atom. The van der Waals surface area contributed by atoms with Crippen molar-refractivity contribution in [3.8, 4) is 0 Å². The molecular formula is C20H27N3O2. The number of rotatable bonds is 3. The van der Waals surface area contributed by atoms with Crippen LogP contribution in [0.2, 0.25) is 0 Å². The fourth-order valence-electron chi connectivity index (χ4n) is 4.40. The summed E-state index contributed by atoms with van der Waals surface area (Å²) in [5, 5.41) is 1.20. The molecule has 0 bridgehead atoms. The molecule has 0 radical (unpaired) electrons. The Balaban J connectivity index is 1.46. The molecule has 1 amide bonds. The third kappa shape index (κ3) is 3.18. The molecule has 1 N–H and O–H groups in total. The zero-order chi connectivity index (χ0) is 17.4. The second-order valence-corrected chi connectivity index (χ2v) is 7.48. The number of aromatic amines is 1. The monoisotopic (exact) mass is 341 g/mol. The first kappa shape index (κ1) is 16.6. The molecule has 2 aromatic rings. The van der Waals surface area contributed by atoms with Crippen molar-refractivity contribution in [2.45, 2.75) is 26.3 Å². The lowest BCUT2D eigenvalue weighted by molar-refractivity contribution is -0.129. The number of fused-ring (bicyclic) bond motifs is 1. The summed E-state index contributed by atoms with van der Waals surface area (Å²) < 4.78 is 5.47. The van der Waals surface area contributed by atoms with Crippen LogP contribution in [0.4, 0.5) is 0 Å². The largest absolute Gasteiger partial charge is 0.379 e. The molecule has 1 aromatic heterocycles. The summed E-state index contributed by atoms with van der Waals surface area (Å²) in [6.45, 7) is 9.68. The first-order chi connectivity index (χ1) is 12.1. The lowest BCUT2D eigenvalue weighted by Crippen LogP contribution is -2.47. The number of hydrogen-bond donors (Lipinski definition) is 1. The summed E-state index contributed by atoms with van der Waals surface area (Å²) in [7, 11) is 0. The van der Waals surface area contributed by atoms with Crippen LogP contribution >= 0.6 is 0 Å². The van der Waals surface area contributed by atoms with Gasteiger partial charge in [-0.3, -0.25) is 9.69 Å². The number of likely N-dealkylation sites (tertiary alicyclic amines) is 1. The van der Waals surface area contributed by atoms with Crippen LogP contribution in [0.1, 0.15) is 18.1 Å². The maximum atomic E-state index is 12.9. The number of morpholine rings is 1. The van der Waals surface area contributed by atoms with Crippen molar-refractivity contribution in [3.05, 3.63) is 35.5 Å². The lowest BCUT2D eigenvalue weighted by atomic mass is 10.0. The molecule has 134 valence electrons. The fourth-order valence-corrected chi connectivity index (χ4v) is 4.40. The van der Waals surface area contributed by atoms with Crippen molar-refractivity contribution in [1.29, 1.82) is 0 Å². The van der Waals surface area contributed by atoms with E-state index in [2.05, 4.69) is 46.8 Å². The highest BCUT2D eigenvalue weighted by atomic mass is 16.5. The van der Waals surface area contributed by atoms with Gasteiger partial charge in [-0.15, -0.1) is 0 Å². The van der Waals surface area contributed by atoms with E-state index >= 15 is 0 Å². The molecule has 25 heavy (non-hydrogen) atoms. The van der Waals surface area contributed by atoms with Crippen LogP contribution in [-0.2, 0) is 16.0 Å². The number of carbonyl (C=O) groups excluding carboxylic acids is 1. The maximum Gasteiger partial charge on any atom is 0.227 e. The Morgan fingerprint density at radius 3 is 2.88 bits per heavy atom. The van der Waals surface area contributed by atoms with Gasteiger partial charge in [-0.25, -0.2) is 0 Å². The molecule has 1 aromatic carbocycles. The Morgan fingerprint density at radius 2 is 2.08 bits per heavy atom. The van der Waals surface area contributed by atoms with E-state index in [4.69, 9.17) is 4.74 Å². The van der Waals surface area contributed by atoms with E-state index in [9.17, 15) is 4.79 Å². The Labute approximate surface area is 148 Å². The zero-order valence-electron chi connectivity index (χ0n) is 15.1. The van der Waals surface area contributed by atoms with Gasteiger partial charge in [0.15, 0.2) is 0 Å². The van der Waals surface area contributed by atoms with Gasteiger partial charge >= 0.3 is 0 Å². The Bertz CT molecular complexity index is 763. The first-order valence-corrected chi connectivity index (χ1v) is 9.28.